The molecule has 1 aliphatic rings. The molecule has 0 aliphatic carbocycles. The standard InChI is InChI=1S/C20H22N4O2/c1-23-11-10-16(13-23)24(2)20(25)21-15-8-9-18-17(12-15)22-19(26-18)14-6-4-3-5-7-14/h3-9,12,16H,10-11,13H2,1-2H3,(H,21,25)/t16-/m1/s1. The van der Waals surface area contributed by atoms with E-state index in [4.69, 9.17) is 4.42 Å². The van der Waals surface area contributed by atoms with Gasteiger partial charge in [-0.05, 0) is 50.3 Å². The highest BCUT2D eigenvalue weighted by Gasteiger charge is 2.26. The first-order valence-corrected chi connectivity index (χ1v) is 8.78. The number of nitrogens with one attached hydrogen (secondary N) is 1. The number of carbonyl (C=O) groups excluding carboxylic acids is 1. The number of hydrogen-bond donors (Lipinski definition) is 1. The Bertz CT molecular complexity index is 922. The Morgan fingerprint density at radius 1 is 1.27 bits per heavy atom. The number of likely N-dealkylation sites (N-methyl/N-ethyl adjacent to an activating group) is 2. The van der Waals surface area contributed by atoms with Crippen molar-refractivity contribution in [2.45, 2.75) is 12.5 Å². The number of anilines is 1. The van der Waals surface area contributed by atoms with Crippen LogP contribution in [0.2, 0.25) is 0 Å². The molecule has 1 saturated heterocycles. The Hall–Kier alpha value is -2.86. The number of hydrogen-bond acceptors (Lipinski definition) is 4. The summed E-state index contributed by atoms with van der Waals surface area (Å²) in [6.07, 6.45) is 1.00. The quantitative estimate of drug-likeness (QED) is 0.783. The average molecular weight is 350 g/mol. The van der Waals surface area contributed by atoms with Crippen molar-refractivity contribution in [1.82, 2.24) is 14.8 Å². The molecule has 2 amide bonds. The van der Waals surface area contributed by atoms with Crippen LogP contribution in [0.3, 0.4) is 0 Å². The van der Waals surface area contributed by atoms with Gasteiger partial charge in [0.1, 0.15) is 5.52 Å². The zero-order chi connectivity index (χ0) is 18.1. The maximum absolute atomic E-state index is 12.5. The Morgan fingerprint density at radius 3 is 2.81 bits per heavy atom. The predicted molar refractivity (Wildman–Crippen MR) is 102 cm³/mol. The number of urea groups is 1. The lowest BCUT2D eigenvalue weighted by atomic mass is 10.2. The molecule has 134 valence electrons. The zero-order valence-electron chi connectivity index (χ0n) is 15.0. The summed E-state index contributed by atoms with van der Waals surface area (Å²) in [5, 5.41) is 2.96. The fraction of sp³-hybridized carbons (Fsp3) is 0.300. The number of rotatable bonds is 3. The van der Waals surface area contributed by atoms with Crippen molar-refractivity contribution in [3.63, 3.8) is 0 Å². The minimum absolute atomic E-state index is 0.101. The van der Waals surface area contributed by atoms with E-state index in [0.717, 1.165) is 30.6 Å². The van der Waals surface area contributed by atoms with Crippen molar-refractivity contribution < 1.29 is 9.21 Å². The highest BCUT2D eigenvalue weighted by Crippen LogP contribution is 2.26. The number of amides is 2. The minimum Gasteiger partial charge on any atom is -0.436 e. The average Bonchev–Trinajstić information content (AvgIpc) is 3.27. The lowest BCUT2D eigenvalue weighted by Gasteiger charge is -2.24. The van der Waals surface area contributed by atoms with Crippen LogP contribution in [-0.4, -0.2) is 54.0 Å². The predicted octanol–water partition coefficient (Wildman–Crippen LogP) is 3.66. The highest BCUT2D eigenvalue weighted by atomic mass is 16.3. The van der Waals surface area contributed by atoms with E-state index in [9.17, 15) is 4.79 Å². The molecule has 0 unspecified atom stereocenters. The van der Waals surface area contributed by atoms with Gasteiger partial charge in [0.25, 0.3) is 0 Å². The molecule has 2 aromatic carbocycles. The zero-order valence-corrected chi connectivity index (χ0v) is 15.0. The molecule has 1 N–H and O–H groups in total. The lowest BCUT2D eigenvalue weighted by Crippen LogP contribution is -2.41. The smallest absolute Gasteiger partial charge is 0.321 e. The second-order valence-electron chi connectivity index (χ2n) is 6.81. The van der Waals surface area contributed by atoms with Crippen molar-refractivity contribution in [3.05, 3.63) is 48.5 Å². The number of carbonyl (C=O) groups is 1. The molecule has 1 aromatic heterocycles. The van der Waals surface area contributed by atoms with E-state index in [1.54, 1.807) is 4.90 Å². The molecule has 4 rings (SSSR count). The highest BCUT2D eigenvalue weighted by molar-refractivity contribution is 5.92. The van der Waals surface area contributed by atoms with Gasteiger partial charge < -0.3 is 19.5 Å². The van der Waals surface area contributed by atoms with Gasteiger partial charge in [-0.25, -0.2) is 9.78 Å². The van der Waals surface area contributed by atoms with Gasteiger partial charge in [0.15, 0.2) is 5.58 Å². The molecule has 1 aliphatic heterocycles. The van der Waals surface area contributed by atoms with Gasteiger partial charge >= 0.3 is 6.03 Å². The Labute approximate surface area is 152 Å². The minimum atomic E-state index is -0.101. The molecule has 1 atom stereocenters. The molecule has 6 heteroatoms. The first-order valence-electron chi connectivity index (χ1n) is 8.78. The van der Waals surface area contributed by atoms with E-state index < -0.39 is 0 Å². The summed E-state index contributed by atoms with van der Waals surface area (Å²) in [4.78, 5) is 21.1. The number of nitrogens with zero attached hydrogens (tertiary/aromatic N) is 3. The molecular weight excluding hydrogens is 328 g/mol. The first kappa shape index (κ1) is 16.6. The molecule has 3 aromatic rings. The maximum Gasteiger partial charge on any atom is 0.321 e. The van der Waals surface area contributed by atoms with E-state index in [0.29, 0.717) is 17.2 Å². The number of fused-ring (bicyclic) bond motifs is 1. The molecule has 0 saturated carbocycles. The van der Waals surface area contributed by atoms with Crippen LogP contribution in [0.25, 0.3) is 22.6 Å². The van der Waals surface area contributed by atoms with Crippen molar-refractivity contribution in [2.24, 2.45) is 0 Å². The lowest BCUT2D eigenvalue weighted by molar-refractivity contribution is 0.204. The van der Waals surface area contributed by atoms with Gasteiger partial charge in [0, 0.05) is 30.9 Å². The van der Waals surface area contributed by atoms with Gasteiger partial charge in [0.05, 0.1) is 0 Å². The third-order valence-corrected chi connectivity index (χ3v) is 4.89. The number of likely N-dealkylation sites (tertiary alicyclic amines) is 1. The van der Waals surface area contributed by atoms with Crippen LogP contribution >= 0.6 is 0 Å². The van der Waals surface area contributed by atoms with Crippen LogP contribution in [0, 0.1) is 0 Å². The van der Waals surface area contributed by atoms with Gasteiger partial charge in [-0.15, -0.1) is 0 Å². The SMILES string of the molecule is CN1CC[C@@H](N(C)C(=O)Nc2ccc3oc(-c4ccccc4)nc3c2)C1. The van der Waals surface area contributed by atoms with E-state index in [2.05, 4.69) is 22.2 Å². The molecule has 6 nitrogen and oxygen atoms in total. The monoisotopic (exact) mass is 350 g/mol. The third-order valence-electron chi connectivity index (χ3n) is 4.89. The largest absolute Gasteiger partial charge is 0.436 e. The van der Waals surface area contributed by atoms with E-state index in [1.165, 1.54) is 0 Å². The third kappa shape index (κ3) is 3.28. The summed E-state index contributed by atoms with van der Waals surface area (Å²) in [7, 11) is 3.93. The summed E-state index contributed by atoms with van der Waals surface area (Å²) in [5.41, 5.74) is 3.07. The second kappa shape index (κ2) is 6.80. The second-order valence-corrected chi connectivity index (χ2v) is 6.81. The van der Waals surface area contributed by atoms with Crippen LogP contribution in [0.1, 0.15) is 6.42 Å². The molecule has 1 fully saturated rings. The summed E-state index contributed by atoms with van der Waals surface area (Å²) < 4.78 is 5.81. The van der Waals surface area contributed by atoms with Crippen LogP contribution < -0.4 is 5.32 Å². The van der Waals surface area contributed by atoms with Gasteiger partial charge in [-0.2, -0.15) is 0 Å². The summed E-state index contributed by atoms with van der Waals surface area (Å²) in [6.45, 7) is 1.93. The maximum atomic E-state index is 12.5. The molecule has 0 spiro atoms. The van der Waals surface area contributed by atoms with E-state index >= 15 is 0 Å². The van der Waals surface area contributed by atoms with Gasteiger partial charge in [-0.3, -0.25) is 0 Å². The number of aromatic nitrogens is 1. The van der Waals surface area contributed by atoms with E-state index in [1.807, 2.05) is 55.6 Å². The molecular formula is C20H22N4O2. The fourth-order valence-electron chi connectivity index (χ4n) is 3.31. The number of oxazole rings is 1. The van der Waals surface area contributed by atoms with Crippen molar-refractivity contribution in [3.8, 4) is 11.5 Å². The van der Waals surface area contributed by atoms with Gasteiger partial charge in [-0.1, -0.05) is 18.2 Å². The Kier molecular flexibility index (Phi) is 4.34. The van der Waals surface area contributed by atoms with Crippen molar-refractivity contribution in [1.29, 1.82) is 0 Å². The van der Waals surface area contributed by atoms with Crippen LogP contribution in [0.5, 0.6) is 0 Å². The first-order chi connectivity index (χ1) is 12.6. The van der Waals surface area contributed by atoms with Crippen LogP contribution in [0.4, 0.5) is 10.5 Å². The Balaban J connectivity index is 1.51. The topological polar surface area (TPSA) is 61.6 Å². The summed E-state index contributed by atoms with van der Waals surface area (Å²) in [6, 6.07) is 15.5. The van der Waals surface area contributed by atoms with Gasteiger partial charge in [0.2, 0.25) is 5.89 Å². The van der Waals surface area contributed by atoms with Crippen molar-refractivity contribution >= 4 is 22.8 Å². The molecule has 2 heterocycles. The summed E-state index contributed by atoms with van der Waals surface area (Å²) in [5.74, 6) is 0.579. The van der Waals surface area contributed by atoms with E-state index in [-0.39, 0.29) is 12.1 Å². The summed E-state index contributed by atoms with van der Waals surface area (Å²) >= 11 is 0. The van der Waals surface area contributed by atoms with Crippen LogP contribution in [-0.2, 0) is 0 Å². The molecule has 26 heavy (non-hydrogen) atoms. The van der Waals surface area contributed by atoms with Crippen LogP contribution in [0.15, 0.2) is 52.9 Å². The Morgan fingerprint density at radius 2 is 2.08 bits per heavy atom. The van der Waals surface area contributed by atoms with Crippen molar-refractivity contribution in [2.75, 3.05) is 32.5 Å². The normalized spacial score (nSPS) is 17.5. The number of benzene rings is 2. The fourth-order valence-corrected chi connectivity index (χ4v) is 3.31. The molecule has 0 radical (unpaired) electrons. The molecule has 0 bridgehead atoms.